The second-order valence-corrected chi connectivity index (χ2v) is 6.97. The van der Waals surface area contributed by atoms with Gasteiger partial charge in [-0.05, 0) is 36.6 Å². The second kappa shape index (κ2) is 8.65. The van der Waals surface area contributed by atoms with Crippen LogP contribution in [0.3, 0.4) is 0 Å². The molecule has 29 heavy (non-hydrogen) atoms. The maximum absolute atomic E-state index is 12.8. The highest BCUT2D eigenvalue weighted by Gasteiger charge is 2.35. The zero-order valence-corrected chi connectivity index (χ0v) is 15.6. The van der Waals surface area contributed by atoms with E-state index in [2.05, 4.69) is 10.6 Å². The largest absolute Gasteiger partial charge is 0.416 e. The summed E-state index contributed by atoms with van der Waals surface area (Å²) in [6.45, 7) is 1.32. The van der Waals surface area contributed by atoms with E-state index in [1.54, 1.807) is 0 Å². The Morgan fingerprint density at radius 3 is 2.31 bits per heavy atom. The molecule has 0 radical (unpaired) electrons. The van der Waals surface area contributed by atoms with Gasteiger partial charge >= 0.3 is 18.0 Å². The Kier molecular flexibility index (Phi) is 6.22. The second-order valence-electron chi connectivity index (χ2n) is 6.97. The summed E-state index contributed by atoms with van der Waals surface area (Å²) in [6.07, 6.45) is -3.16. The monoisotopic (exact) mass is 406 g/mol. The smallest absolute Gasteiger partial charge is 0.381 e. The number of nitrogens with one attached hydrogen (secondary N) is 2. The number of carbonyl (C=O) groups excluding carboxylic acids is 2. The van der Waals surface area contributed by atoms with Gasteiger partial charge in [-0.2, -0.15) is 13.2 Å². The first-order chi connectivity index (χ1) is 13.8. The topological polar surface area (TPSA) is 67.4 Å². The third kappa shape index (κ3) is 5.14. The van der Waals surface area contributed by atoms with Gasteiger partial charge in [-0.25, -0.2) is 0 Å². The molecule has 0 aliphatic carbocycles. The van der Waals surface area contributed by atoms with Crippen LogP contribution in [-0.4, -0.2) is 31.6 Å². The molecular weight excluding hydrogens is 385 g/mol. The van der Waals surface area contributed by atoms with E-state index in [9.17, 15) is 22.8 Å². The summed E-state index contributed by atoms with van der Waals surface area (Å²) in [5.41, 5.74) is -0.308. The van der Waals surface area contributed by atoms with Gasteiger partial charge in [0, 0.05) is 30.9 Å². The number of anilines is 1. The molecule has 2 aromatic carbocycles. The fourth-order valence-electron chi connectivity index (χ4n) is 3.41. The number of benzene rings is 2. The minimum Gasteiger partial charge on any atom is -0.381 e. The van der Waals surface area contributed by atoms with Crippen molar-refractivity contribution in [1.82, 2.24) is 5.32 Å². The van der Waals surface area contributed by atoms with Crippen molar-refractivity contribution in [3.05, 3.63) is 65.7 Å². The number of alkyl halides is 3. The lowest BCUT2D eigenvalue weighted by molar-refractivity contribution is -0.137. The lowest BCUT2D eigenvalue weighted by Crippen LogP contribution is -2.47. The van der Waals surface area contributed by atoms with Crippen LogP contribution in [0.5, 0.6) is 0 Å². The zero-order chi connectivity index (χ0) is 20.9. The van der Waals surface area contributed by atoms with Crippen LogP contribution in [0.1, 0.15) is 24.0 Å². The Balaban J connectivity index is 1.65. The molecule has 0 saturated carbocycles. The fraction of sp³-hybridized carbons (Fsp3) is 0.333. The van der Waals surface area contributed by atoms with Gasteiger partial charge in [-0.3, -0.25) is 9.59 Å². The van der Waals surface area contributed by atoms with Crippen molar-refractivity contribution in [3.8, 4) is 0 Å². The molecule has 0 atom stereocenters. The number of hydrogen-bond donors (Lipinski definition) is 2. The van der Waals surface area contributed by atoms with Gasteiger partial charge in [-0.15, -0.1) is 0 Å². The van der Waals surface area contributed by atoms with Crippen molar-refractivity contribution in [3.63, 3.8) is 0 Å². The van der Waals surface area contributed by atoms with Gasteiger partial charge in [0.05, 0.1) is 5.56 Å². The summed E-state index contributed by atoms with van der Waals surface area (Å²) in [4.78, 5) is 24.4. The molecular formula is C21H21F3N2O3. The molecule has 0 unspecified atom stereocenters. The van der Waals surface area contributed by atoms with Crippen molar-refractivity contribution in [2.45, 2.75) is 24.4 Å². The Labute approximate surface area is 166 Å². The highest BCUT2D eigenvalue weighted by Crippen LogP contribution is 2.34. The van der Waals surface area contributed by atoms with Crippen LogP contribution in [0, 0.1) is 0 Å². The maximum Gasteiger partial charge on any atom is 0.416 e. The number of rotatable bonds is 4. The lowest BCUT2D eigenvalue weighted by Gasteiger charge is -2.37. The average Bonchev–Trinajstić information content (AvgIpc) is 2.73. The van der Waals surface area contributed by atoms with Gasteiger partial charge in [0.1, 0.15) is 0 Å². The van der Waals surface area contributed by atoms with E-state index in [1.807, 2.05) is 30.3 Å². The number of amides is 2. The van der Waals surface area contributed by atoms with Crippen molar-refractivity contribution in [2.24, 2.45) is 0 Å². The summed E-state index contributed by atoms with van der Waals surface area (Å²) in [6, 6.07) is 13.8. The summed E-state index contributed by atoms with van der Waals surface area (Å²) < 4.78 is 43.8. The summed E-state index contributed by atoms with van der Waals surface area (Å²) >= 11 is 0. The third-order valence-corrected chi connectivity index (χ3v) is 5.08. The lowest BCUT2D eigenvalue weighted by atomic mass is 9.74. The van der Waals surface area contributed by atoms with Gasteiger partial charge in [0.2, 0.25) is 0 Å². The van der Waals surface area contributed by atoms with Crippen LogP contribution in [-0.2, 0) is 25.9 Å². The Bertz CT molecular complexity index is 863. The molecule has 2 N–H and O–H groups in total. The van der Waals surface area contributed by atoms with E-state index in [-0.39, 0.29) is 17.6 Å². The van der Waals surface area contributed by atoms with Gasteiger partial charge < -0.3 is 15.4 Å². The van der Waals surface area contributed by atoms with Gasteiger partial charge in [-0.1, -0.05) is 36.4 Å². The first kappa shape index (κ1) is 20.9. The maximum atomic E-state index is 12.8. The first-order valence-electron chi connectivity index (χ1n) is 9.20. The number of hydrogen-bond acceptors (Lipinski definition) is 3. The van der Waals surface area contributed by atoms with E-state index < -0.39 is 23.6 Å². The molecule has 1 fully saturated rings. The number of ether oxygens (including phenoxy) is 1. The van der Waals surface area contributed by atoms with Gasteiger partial charge in [0.15, 0.2) is 0 Å². The van der Waals surface area contributed by atoms with E-state index in [1.165, 1.54) is 12.1 Å². The zero-order valence-electron chi connectivity index (χ0n) is 15.6. The molecule has 0 aromatic heterocycles. The minimum absolute atomic E-state index is 0.0937. The van der Waals surface area contributed by atoms with E-state index >= 15 is 0 Å². The van der Waals surface area contributed by atoms with Crippen LogP contribution in [0.15, 0.2) is 54.6 Å². The molecule has 2 aromatic rings. The minimum atomic E-state index is -4.53. The molecule has 154 valence electrons. The van der Waals surface area contributed by atoms with E-state index in [0.717, 1.165) is 17.7 Å². The standard InChI is InChI=1S/C21H21F3N2O3/c22-21(23,24)16-7-4-8-17(13-16)26-19(28)18(27)25-14-20(9-11-29-12-10-20)15-5-2-1-3-6-15/h1-8,13H,9-12,14H2,(H,25,27)(H,26,28). The average molecular weight is 406 g/mol. The molecule has 1 saturated heterocycles. The molecule has 5 nitrogen and oxygen atoms in total. The Morgan fingerprint density at radius 1 is 0.966 bits per heavy atom. The van der Waals surface area contributed by atoms with Crippen LogP contribution in [0.2, 0.25) is 0 Å². The molecule has 0 spiro atoms. The predicted molar refractivity (Wildman–Crippen MR) is 101 cm³/mol. The van der Waals surface area contributed by atoms with Crippen molar-refractivity contribution in [2.75, 3.05) is 25.1 Å². The quantitative estimate of drug-likeness (QED) is 0.764. The third-order valence-electron chi connectivity index (χ3n) is 5.08. The molecule has 2 amide bonds. The normalized spacial score (nSPS) is 16.1. The molecule has 8 heteroatoms. The summed E-state index contributed by atoms with van der Waals surface area (Å²) in [7, 11) is 0. The molecule has 0 bridgehead atoms. The van der Waals surface area contributed by atoms with E-state index in [4.69, 9.17) is 4.74 Å². The van der Waals surface area contributed by atoms with Crippen LogP contribution >= 0.6 is 0 Å². The SMILES string of the molecule is O=C(NCC1(c2ccccc2)CCOCC1)C(=O)Nc1cccc(C(F)(F)F)c1. The molecule has 1 aliphatic rings. The van der Waals surface area contributed by atoms with Crippen LogP contribution in [0.25, 0.3) is 0 Å². The highest BCUT2D eigenvalue weighted by molar-refractivity contribution is 6.39. The first-order valence-corrected chi connectivity index (χ1v) is 9.20. The number of halogens is 3. The Morgan fingerprint density at radius 2 is 1.66 bits per heavy atom. The molecule has 1 aliphatic heterocycles. The fourth-order valence-corrected chi connectivity index (χ4v) is 3.41. The molecule has 1 heterocycles. The van der Waals surface area contributed by atoms with Crippen molar-refractivity contribution < 1.29 is 27.5 Å². The van der Waals surface area contributed by atoms with Crippen LogP contribution < -0.4 is 10.6 Å². The Hall–Kier alpha value is -2.87. The molecule has 3 rings (SSSR count). The summed E-state index contributed by atoms with van der Waals surface area (Å²) in [5.74, 6) is -1.91. The number of carbonyl (C=O) groups is 2. The van der Waals surface area contributed by atoms with Crippen molar-refractivity contribution >= 4 is 17.5 Å². The predicted octanol–water partition coefficient (Wildman–Crippen LogP) is 3.51. The van der Waals surface area contributed by atoms with Crippen LogP contribution in [0.4, 0.5) is 18.9 Å². The van der Waals surface area contributed by atoms with E-state index in [0.29, 0.717) is 26.1 Å². The van der Waals surface area contributed by atoms with Crippen molar-refractivity contribution in [1.29, 1.82) is 0 Å². The van der Waals surface area contributed by atoms with Gasteiger partial charge in [0.25, 0.3) is 0 Å². The highest BCUT2D eigenvalue weighted by atomic mass is 19.4. The summed E-state index contributed by atoms with van der Waals surface area (Å²) in [5, 5.41) is 4.85.